The first-order valence-corrected chi connectivity index (χ1v) is 10.7. The topological polar surface area (TPSA) is 85.5 Å². The molecule has 2 amide bonds. The summed E-state index contributed by atoms with van der Waals surface area (Å²) in [7, 11) is 2.20. The highest BCUT2D eigenvalue weighted by molar-refractivity contribution is 6.39. The lowest BCUT2D eigenvalue weighted by atomic mass is 10.0. The summed E-state index contributed by atoms with van der Waals surface area (Å²) in [5, 5.41) is 5.49. The van der Waals surface area contributed by atoms with Crippen molar-refractivity contribution in [3.8, 4) is 11.5 Å². The van der Waals surface area contributed by atoms with Crippen LogP contribution in [0.2, 0.25) is 0 Å². The number of ether oxygens (including phenoxy) is 2. The maximum absolute atomic E-state index is 12.5. The van der Waals surface area contributed by atoms with Crippen LogP contribution in [-0.2, 0) is 9.59 Å². The summed E-state index contributed by atoms with van der Waals surface area (Å²) >= 11 is 0. The average molecular weight is 427 g/mol. The van der Waals surface area contributed by atoms with Crippen molar-refractivity contribution in [3.63, 3.8) is 0 Å². The van der Waals surface area contributed by atoms with Gasteiger partial charge in [0.1, 0.15) is 32.2 Å². The summed E-state index contributed by atoms with van der Waals surface area (Å²) in [5.41, 5.74) is 2.76. The largest absolute Gasteiger partial charge is 0.454 e. The lowest BCUT2D eigenvalue weighted by Crippen LogP contribution is -3.27. The number of nitrogens with one attached hydrogen (secondary N) is 4. The monoisotopic (exact) mass is 426 g/mol. The fourth-order valence-electron chi connectivity index (χ4n) is 4.07. The second-order valence-corrected chi connectivity index (χ2v) is 8.31. The third kappa shape index (κ3) is 5.15. The normalized spacial score (nSPS) is 20.7. The van der Waals surface area contributed by atoms with Crippen LogP contribution in [0.15, 0.2) is 42.5 Å². The minimum atomic E-state index is -0.661. The van der Waals surface area contributed by atoms with E-state index < -0.39 is 11.8 Å². The van der Waals surface area contributed by atoms with E-state index in [2.05, 4.69) is 17.7 Å². The number of benzene rings is 2. The summed E-state index contributed by atoms with van der Waals surface area (Å²) in [6, 6.07) is 13.3. The maximum Gasteiger partial charge on any atom is 0.313 e. The van der Waals surface area contributed by atoms with Crippen molar-refractivity contribution in [2.24, 2.45) is 0 Å². The highest BCUT2D eigenvalue weighted by atomic mass is 16.7. The van der Waals surface area contributed by atoms with Gasteiger partial charge in [-0.25, -0.2) is 0 Å². The number of anilines is 1. The second-order valence-electron chi connectivity index (χ2n) is 8.31. The van der Waals surface area contributed by atoms with E-state index in [0.29, 0.717) is 12.2 Å². The van der Waals surface area contributed by atoms with Crippen LogP contribution in [0.3, 0.4) is 0 Å². The number of amides is 2. The molecule has 164 valence electrons. The highest BCUT2D eigenvalue weighted by Gasteiger charge is 2.31. The minimum Gasteiger partial charge on any atom is -0.454 e. The molecule has 8 heteroatoms. The van der Waals surface area contributed by atoms with E-state index >= 15 is 0 Å². The molecule has 0 saturated carbocycles. The molecule has 0 radical (unpaired) electrons. The van der Waals surface area contributed by atoms with Crippen LogP contribution < -0.4 is 29.9 Å². The van der Waals surface area contributed by atoms with E-state index in [4.69, 9.17) is 9.47 Å². The Bertz CT molecular complexity index is 939. The van der Waals surface area contributed by atoms with E-state index in [1.807, 2.05) is 37.3 Å². The van der Waals surface area contributed by atoms with E-state index in [1.165, 1.54) is 9.80 Å². The van der Waals surface area contributed by atoms with Crippen LogP contribution in [-0.4, -0.2) is 58.4 Å². The van der Waals surface area contributed by atoms with Crippen molar-refractivity contribution in [1.82, 2.24) is 5.32 Å². The molecule has 2 aromatic rings. The lowest BCUT2D eigenvalue weighted by molar-refractivity contribution is -1.02. The molecule has 0 unspecified atom stereocenters. The molecule has 2 aromatic carbocycles. The molecule has 31 heavy (non-hydrogen) atoms. The molecule has 0 spiro atoms. The highest BCUT2D eigenvalue weighted by Crippen LogP contribution is 2.33. The van der Waals surface area contributed by atoms with Crippen LogP contribution in [0.4, 0.5) is 5.69 Å². The van der Waals surface area contributed by atoms with Crippen molar-refractivity contribution in [2.75, 3.05) is 51.9 Å². The van der Waals surface area contributed by atoms with Gasteiger partial charge in [0, 0.05) is 11.3 Å². The van der Waals surface area contributed by atoms with Crippen molar-refractivity contribution < 1.29 is 28.9 Å². The Morgan fingerprint density at radius 1 is 0.968 bits per heavy atom. The summed E-state index contributed by atoms with van der Waals surface area (Å²) in [6.45, 7) is 6.69. The Morgan fingerprint density at radius 2 is 1.68 bits per heavy atom. The number of quaternary nitrogens is 2. The Morgan fingerprint density at radius 3 is 2.42 bits per heavy atom. The number of fused-ring (bicyclic) bond motifs is 1. The first-order chi connectivity index (χ1) is 15.0. The predicted molar refractivity (Wildman–Crippen MR) is 115 cm³/mol. The van der Waals surface area contributed by atoms with Gasteiger partial charge in [0.15, 0.2) is 11.5 Å². The molecule has 1 atom stereocenters. The zero-order valence-corrected chi connectivity index (χ0v) is 18.0. The Kier molecular flexibility index (Phi) is 6.39. The molecule has 2 aliphatic heterocycles. The van der Waals surface area contributed by atoms with Gasteiger partial charge in [0.05, 0.1) is 13.6 Å². The van der Waals surface area contributed by atoms with Crippen molar-refractivity contribution >= 4 is 17.5 Å². The van der Waals surface area contributed by atoms with Crippen LogP contribution in [0, 0.1) is 6.92 Å². The molecular weight excluding hydrogens is 396 g/mol. The Labute approximate surface area is 182 Å². The first kappa shape index (κ1) is 21.1. The third-order valence-electron chi connectivity index (χ3n) is 6.02. The van der Waals surface area contributed by atoms with Gasteiger partial charge in [0.25, 0.3) is 0 Å². The molecule has 4 rings (SSSR count). The molecule has 1 saturated heterocycles. The Balaban J connectivity index is 1.43. The smallest absolute Gasteiger partial charge is 0.313 e. The molecule has 1 fully saturated rings. The fourth-order valence-corrected chi connectivity index (χ4v) is 4.07. The number of carbonyl (C=O) groups excluding carboxylic acids is 2. The number of hydrogen-bond donors (Lipinski definition) is 4. The number of piperazine rings is 1. The summed E-state index contributed by atoms with van der Waals surface area (Å²) in [4.78, 5) is 27.7. The van der Waals surface area contributed by atoms with Gasteiger partial charge in [-0.15, -0.1) is 0 Å². The second kappa shape index (κ2) is 9.36. The SMILES string of the molecule is Cc1ccc(NC(=O)C(=O)NC[C@@H](c2ccc3c(c2)OCO3)[NH+]2CC[NH+](C)CC2)cc1. The van der Waals surface area contributed by atoms with Gasteiger partial charge in [-0.1, -0.05) is 17.7 Å². The van der Waals surface area contributed by atoms with Crippen molar-refractivity contribution in [2.45, 2.75) is 13.0 Å². The molecule has 0 aromatic heterocycles. The number of likely N-dealkylation sites (N-methyl/N-ethyl adjacent to an activating group) is 1. The minimum absolute atomic E-state index is 0.0266. The van der Waals surface area contributed by atoms with E-state index in [1.54, 1.807) is 12.1 Å². The number of aryl methyl sites for hydroxylation is 1. The van der Waals surface area contributed by atoms with Crippen LogP contribution in [0.1, 0.15) is 17.2 Å². The zero-order valence-electron chi connectivity index (χ0n) is 18.0. The summed E-state index contributed by atoms with van der Waals surface area (Å²) < 4.78 is 11.0. The standard InChI is InChI=1S/C23H28N4O4/c1-16-3-6-18(7-4-16)25-23(29)22(28)24-14-19(27-11-9-26(2)10-12-27)17-5-8-20-21(13-17)31-15-30-20/h3-8,13,19H,9-12,14-15H2,1-2H3,(H,24,28)(H,25,29)/p+2/t19-/m0/s1. The molecular formula is C23H30N4O4+2. The molecule has 0 aliphatic carbocycles. The molecule has 4 N–H and O–H groups in total. The lowest BCUT2D eigenvalue weighted by Gasteiger charge is -2.33. The van der Waals surface area contributed by atoms with Crippen molar-refractivity contribution in [1.29, 1.82) is 0 Å². The average Bonchev–Trinajstić information content (AvgIpc) is 3.24. The summed E-state index contributed by atoms with van der Waals surface area (Å²) in [6.07, 6.45) is 0. The van der Waals surface area contributed by atoms with Crippen molar-refractivity contribution in [3.05, 3.63) is 53.6 Å². The zero-order chi connectivity index (χ0) is 21.8. The van der Waals surface area contributed by atoms with E-state index in [0.717, 1.165) is 48.8 Å². The quantitative estimate of drug-likeness (QED) is 0.459. The van der Waals surface area contributed by atoms with Crippen LogP contribution in [0.25, 0.3) is 0 Å². The third-order valence-corrected chi connectivity index (χ3v) is 6.02. The number of hydrogen-bond acceptors (Lipinski definition) is 4. The van der Waals surface area contributed by atoms with Gasteiger partial charge in [-0.05, 0) is 37.3 Å². The molecule has 0 bridgehead atoms. The number of rotatable bonds is 5. The first-order valence-electron chi connectivity index (χ1n) is 10.7. The van der Waals surface area contributed by atoms with E-state index in [-0.39, 0.29) is 12.8 Å². The molecule has 2 heterocycles. The summed E-state index contributed by atoms with van der Waals surface area (Å²) in [5.74, 6) is 0.170. The molecule has 8 nitrogen and oxygen atoms in total. The van der Waals surface area contributed by atoms with E-state index in [9.17, 15) is 9.59 Å². The van der Waals surface area contributed by atoms with Gasteiger partial charge in [-0.3, -0.25) is 9.59 Å². The van der Waals surface area contributed by atoms with Crippen LogP contribution in [0.5, 0.6) is 11.5 Å². The Hall–Kier alpha value is -3.10. The molecule has 2 aliphatic rings. The van der Waals surface area contributed by atoms with Gasteiger partial charge in [0.2, 0.25) is 6.79 Å². The number of carbonyl (C=O) groups is 2. The van der Waals surface area contributed by atoms with Gasteiger partial charge >= 0.3 is 11.8 Å². The maximum atomic E-state index is 12.5. The van der Waals surface area contributed by atoms with Gasteiger partial charge < -0.3 is 29.9 Å². The van der Waals surface area contributed by atoms with Gasteiger partial charge in [-0.2, -0.15) is 0 Å². The predicted octanol–water partition coefficient (Wildman–Crippen LogP) is -1.07. The van der Waals surface area contributed by atoms with Crippen LogP contribution >= 0.6 is 0 Å². The fraction of sp³-hybridized carbons (Fsp3) is 0.391.